The van der Waals surface area contributed by atoms with Gasteiger partial charge in [0.2, 0.25) is 0 Å². The molecule has 0 aliphatic heterocycles. The number of aromatic amines is 1. The first kappa shape index (κ1) is 14.1. The van der Waals surface area contributed by atoms with Crippen LogP contribution >= 0.6 is 0 Å². The highest BCUT2D eigenvalue weighted by atomic mass is 16.1. The molecule has 0 saturated heterocycles. The van der Waals surface area contributed by atoms with E-state index in [-0.39, 0.29) is 22.7 Å². The molecule has 1 fully saturated rings. The number of rotatable bonds is 0. The molecule has 1 saturated carbocycles. The molecule has 21 heavy (non-hydrogen) atoms. The Kier molecular flexibility index (Phi) is 2.75. The number of nitrogens with zero attached hydrogens (tertiary/aromatic N) is 2. The van der Waals surface area contributed by atoms with Crippen molar-refractivity contribution in [3.63, 3.8) is 0 Å². The largest absolute Gasteiger partial charge is 0.299 e. The van der Waals surface area contributed by atoms with E-state index in [9.17, 15) is 14.9 Å². The van der Waals surface area contributed by atoms with Gasteiger partial charge in [-0.1, -0.05) is 20.8 Å². The molecule has 2 aliphatic rings. The Labute approximate surface area is 123 Å². The second-order valence-electron chi connectivity index (χ2n) is 7.31. The summed E-state index contributed by atoms with van der Waals surface area (Å²) in [6.45, 7) is 6.01. The SMILES string of the molecule is Cn1[nH]c2c(c1=O)CC[C@H]1C(C)(C)C(=O)C(C#N)C[C@]21C. The normalized spacial score (nSPS) is 34.0. The highest BCUT2D eigenvalue weighted by Crippen LogP contribution is 2.56. The van der Waals surface area contributed by atoms with Crippen molar-refractivity contribution in [2.24, 2.45) is 24.3 Å². The molecule has 1 N–H and O–H groups in total. The number of hydrogen-bond donors (Lipinski definition) is 1. The molecule has 0 amide bonds. The summed E-state index contributed by atoms with van der Waals surface area (Å²) >= 11 is 0. The summed E-state index contributed by atoms with van der Waals surface area (Å²) in [7, 11) is 1.72. The molecule has 1 aromatic heterocycles. The minimum atomic E-state index is -0.587. The molecule has 0 aromatic carbocycles. The number of fused-ring (bicyclic) bond motifs is 3. The lowest BCUT2D eigenvalue weighted by Gasteiger charge is -2.53. The van der Waals surface area contributed by atoms with E-state index in [1.807, 2.05) is 13.8 Å². The molecular weight excluding hydrogens is 266 g/mol. The maximum absolute atomic E-state index is 12.6. The summed E-state index contributed by atoms with van der Waals surface area (Å²) < 4.78 is 1.52. The second-order valence-corrected chi connectivity index (χ2v) is 7.31. The zero-order chi connectivity index (χ0) is 15.6. The maximum Gasteiger partial charge on any atom is 0.269 e. The number of nitrogens with one attached hydrogen (secondary N) is 1. The predicted octanol–water partition coefficient (Wildman–Crippen LogP) is 1.67. The Morgan fingerprint density at radius 2 is 2.00 bits per heavy atom. The molecule has 3 atom stereocenters. The summed E-state index contributed by atoms with van der Waals surface area (Å²) in [5, 5.41) is 12.5. The summed E-state index contributed by atoms with van der Waals surface area (Å²) in [6.07, 6.45) is 2.04. The quantitative estimate of drug-likeness (QED) is 0.788. The van der Waals surface area contributed by atoms with Gasteiger partial charge in [-0.15, -0.1) is 0 Å². The Hall–Kier alpha value is -1.83. The zero-order valence-electron chi connectivity index (χ0n) is 13.0. The summed E-state index contributed by atoms with van der Waals surface area (Å²) in [4.78, 5) is 24.8. The van der Waals surface area contributed by atoms with Crippen molar-refractivity contribution >= 4 is 5.78 Å². The van der Waals surface area contributed by atoms with Gasteiger partial charge < -0.3 is 0 Å². The van der Waals surface area contributed by atoms with Gasteiger partial charge in [0.15, 0.2) is 5.78 Å². The van der Waals surface area contributed by atoms with Gasteiger partial charge in [-0.2, -0.15) is 5.26 Å². The van der Waals surface area contributed by atoms with Crippen molar-refractivity contribution in [3.8, 4) is 6.07 Å². The molecule has 0 spiro atoms. The van der Waals surface area contributed by atoms with Crippen molar-refractivity contribution in [2.45, 2.75) is 45.4 Å². The molecule has 1 heterocycles. The van der Waals surface area contributed by atoms with Gasteiger partial charge in [-0.05, 0) is 25.2 Å². The number of H-pyrrole nitrogens is 1. The van der Waals surface area contributed by atoms with Crippen LogP contribution in [0.5, 0.6) is 0 Å². The van der Waals surface area contributed by atoms with E-state index in [4.69, 9.17) is 0 Å². The molecule has 2 aliphatic carbocycles. The van der Waals surface area contributed by atoms with Crippen LogP contribution in [0.4, 0.5) is 0 Å². The standard InChI is InChI=1S/C16H21N3O2/c1-15(2)11-6-5-10-12(18-19(4)14(10)21)16(11,3)7-9(8-17)13(15)20/h9,11,18H,5-7H2,1-4H3/t9?,11-,16-/m0/s1. The fourth-order valence-electron chi connectivity index (χ4n) is 4.72. The average molecular weight is 287 g/mol. The Morgan fingerprint density at radius 1 is 1.33 bits per heavy atom. The van der Waals surface area contributed by atoms with Crippen LogP contribution in [0.25, 0.3) is 0 Å². The van der Waals surface area contributed by atoms with E-state index in [1.165, 1.54) is 4.68 Å². The first-order valence-corrected chi connectivity index (χ1v) is 7.45. The third-order valence-electron chi connectivity index (χ3n) is 5.77. The van der Waals surface area contributed by atoms with Crippen LogP contribution in [0.1, 0.15) is 44.9 Å². The van der Waals surface area contributed by atoms with Crippen molar-refractivity contribution in [1.82, 2.24) is 9.78 Å². The van der Waals surface area contributed by atoms with Crippen LogP contribution in [0.2, 0.25) is 0 Å². The molecule has 0 radical (unpaired) electrons. The fraction of sp³-hybridized carbons (Fsp3) is 0.688. The summed E-state index contributed by atoms with van der Waals surface area (Å²) in [6, 6.07) is 2.17. The van der Waals surface area contributed by atoms with E-state index in [1.54, 1.807) is 7.05 Å². The number of carbonyl (C=O) groups is 1. The highest BCUT2D eigenvalue weighted by Gasteiger charge is 2.58. The lowest BCUT2D eigenvalue weighted by Crippen LogP contribution is -2.55. The van der Waals surface area contributed by atoms with Gasteiger partial charge in [0.25, 0.3) is 5.56 Å². The lowest BCUT2D eigenvalue weighted by atomic mass is 9.49. The molecule has 3 rings (SSSR count). The fourth-order valence-corrected chi connectivity index (χ4v) is 4.72. The molecule has 5 heteroatoms. The molecule has 112 valence electrons. The zero-order valence-corrected chi connectivity index (χ0v) is 13.0. The third kappa shape index (κ3) is 1.62. The second kappa shape index (κ2) is 4.09. The summed E-state index contributed by atoms with van der Waals surface area (Å²) in [5.74, 6) is -0.377. The van der Waals surface area contributed by atoms with Crippen molar-refractivity contribution in [1.29, 1.82) is 5.26 Å². The Morgan fingerprint density at radius 3 is 2.62 bits per heavy atom. The molecular formula is C16H21N3O2. The number of nitriles is 1. The lowest BCUT2D eigenvalue weighted by molar-refractivity contribution is -0.140. The molecule has 1 aromatic rings. The predicted molar refractivity (Wildman–Crippen MR) is 77.7 cm³/mol. The van der Waals surface area contributed by atoms with Crippen LogP contribution in [0.15, 0.2) is 4.79 Å². The number of aryl methyl sites for hydroxylation is 1. The van der Waals surface area contributed by atoms with E-state index in [2.05, 4.69) is 18.1 Å². The van der Waals surface area contributed by atoms with Crippen LogP contribution in [0, 0.1) is 28.6 Å². The van der Waals surface area contributed by atoms with Gasteiger partial charge >= 0.3 is 0 Å². The average Bonchev–Trinajstić information content (AvgIpc) is 2.72. The minimum absolute atomic E-state index is 0.0212. The number of hydrogen-bond acceptors (Lipinski definition) is 3. The van der Waals surface area contributed by atoms with Crippen LogP contribution < -0.4 is 5.56 Å². The molecule has 1 unspecified atom stereocenters. The number of carbonyl (C=O) groups excluding carboxylic acids is 1. The van der Waals surface area contributed by atoms with Crippen LogP contribution in [-0.4, -0.2) is 15.6 Å². The van der Waals surface area contributed by atoms with Gasteiger partial charge in [-0.25, -0.2) is 0 Å². The number of ketones is 1. The maximum atomic E-state index is 12.6. The highest BCUT2D eigenvalue weighted by molar-refractivity contribution is 5.90. The van der Waals surface area contributed by atoms with E-state index in [0.29, 0.717) is 12.8 Å². The number of Topliss-reactive ketones (excluding diaryl/α,β-unsaturated/α-hetero) is 1. The van der Waals surface area contributed by atoms with E-state index < -0.39 is 11.3 Å². The van der Waals surface area contributed by atoms with Gasteiger partial charge in [0, 0.05) is 29.1 Å². The van der Waals surface area contributed by atoms with Crippen molar-refractivity contribution in [2.75, 3.05) is 0 Å². The van der Waals surface area contributed by atoms with Crippen molar-refractivity contribution in [3.05, 3.63) is 21.6 Å². The monoisotopic (exact) mass is 287 g/mol. The van der Waals surface area contributed by atoms with Gasteiger partial charge in [-0.3, -0.25) is 19.4 Å². The van der Waals surface area contributed by atoms with Crippen LogP contribution in [0.3, 0.4) is 0 Å². The van der Waals surface area contributed by atoms with Gasteiger partial charge in [0.1, 0.15) is 5.92 Å². The van der Waals surface area contributed by atoms with E-state index in [0.717, 1.165) is 17.7 Å². The van der Waals surface area contributed by atoms with Crippen LogP contribution in [-0.2, 0) is 23.7 Å². The topological polar surface area (TPSA) is 78.7 Å². The Bertz CT molecular complexity index is 719. The van der Waals surface area contributed by atoms with E-state index >= 15 is 0 Å². The molecule has 0 bridgehead atoms. The third-order valence-corrected chi connectivity index (χ3v) is 5.77. The minimum Gasteiger partial charge on any atom is -0.299 e. The van der Waals surface area contributed by atoms with Crippen molar-refractivity contribution < 1.29 is 4.79 Å². The first-order valence-electron chi connectivity index (χ1n) is 7.45. The smallest absolute Gasteiger partial charge is 0.269 e. The number of aromatic nitrogens is 2. The Balaban J connectivity index is 2.22. The molecule has 5 nitrogen and oxygen atoms in total. The van der Waals surface area contributed by atoms with Gasteiger partial charge in [0.05, 0.1) is 6.07 Å². The first-order chi connectivity index (χ1) is 9.73. The summed E-state index contributed by atoms with van der Waals surface area (Å²) in [5.41, 5.74) is 0.946.